The Balaban J connectivity index is 4.54. The molecule has 0 saturated heterocycles. The molecule has 0 saturated carbocycles. The first-order valence-electron chi connectivity index (χ1n) is 28.6. The average molecular weight is 925 g/mol. The van der Waals surface area contributed by atoms with Crippen molar-refractivity contribution in [3.63, 3.8) is 0 Å². The van der Waals surface area contributed by atoms with Gasteiger partial charge in [0.05, 0.1) is 25.2 Å². The molecule has 0 heterocycles. The number of ether oxygens (including phenoxy) is 1. The lowest BCUT2D eigenvalue weighted by molar-refractivity contribution is -0.151. The lowest BCUT2D eigenvalue weighted by Gasteiger charge is -2.24. The van der Waals surface area contributed by atoms with Crippen molar-refractivity contribution in [2.24, 2.45) is 0 Å². The van der Waals surface area contributed by atoms with Gasteiger partial charge in [0.25, 0.3) is 0 Å². The van der Waals surface area contributed by atoms with E-state index in [1.807, 2.05) is 24.3 Å². The van der Waals surface area contributed by atoms with E-state index in [1.54, 1.807) is 0 Å². The minimum Gasteiger partial charge on any atom is -0.462 e. The smallest absolute Gasteiger partial charge is 0.306 e. The van der Waals surface area contributed by atoms with Crippen molar-refractivity contribution in [1.82, 2.24) is 5.32 Å². The van der Waals surface area contributed by atoms with Gasteiger partial charge in [0, 0.05) is 6.42 Å². The molecule has 3 atom stereocenters. The number of esters is 1. The predicted molar refractivity (Wildman–Crippen MR) is 287 cm³/mol. The standard InChI is InChI=1S/C60H109NO5/c1-4-7-10-13-16-19-22-25-27-28-29-30-32-35-38-41-44-47-50-53-60(65)66-56(51-48-45-42-39-36-33-24-21-18-15-12-9-6-3)54-59(64)61-57(55-62)58(63)52-49-46-43-40-37-34-31-26-23-20-17-14-11-8-5-2/h9,12,15,18,21,24-25,27,33,36,56-58,62-63H,4-8,10-11,13-14,16-17,19-20,22-23,26,28-32,34-35,37-55H2,1-3H3,(H,61,64)/b12-9+,18-15+,24-21+,27-25+,36-33-. The molecule has 0 aromatic rings. The Morgan fingerprint density at radius 3 is 1.30 bits per heavy atom. The number of nitrogens with one attached hydrogen (secondary N) is 1. The van der Waals surface area contributed by atoms with Crippen molar-refractivity contribution in [3.05, 3.63) is 60.8 Å². The van der Waals surface area contributed by atoms with Crippen LogP contribution in [0.1, 0.15) is 284 Å². The summed E-state index contributed by atoms with van der Waals surface area (Å²) in [7, 11) is 0. The number of hydrogen-bond acceptors (Lipinski definition) is 5. The molecule has 0 aliphatic carbocycles. The third-order valence-electron chi connectivity index (χ3n) is 12.9. The second-order valence-corrected chi connectivity index (χ2v) is 19.4. The first kappa shape index (κ1) is 63.6. The van der Waals surface area contributed by atoms with E-state index in [4.69, 9.17) is 4.74 Å². The monoisotopic (exact) mass is 924 g/mol. The van der Waals surface area contributed by atoms with Gasteiger partial charge < -0.3 is 20.3 Å². The van der Waals surface area contributed by atoms with Gasteiger partial charge in [-0.1, -0.05) is 261 Å². The number of amides is 1. The normalized spacial score (nSPS) is 13.6. The molecule has 6 nitrogen and oxygen atoms in total. The number of aliphatic hydroxyl groups is 2. The van der Waals surface area contributed by atoms with Gasteiger partial charge in [-0.15, -0.1) is 0 Å². The van der Waals surface area contributed by atoms with Gasteiger partial charge in [-0.2, -0.15) is 0 Å². The summed E-state index contributed by atoms with van der Waals surface area (Å²) >= 11 is 0. The lowest BCUT2D eigenvalue weighted by atomic mass is 10.0. The maximum absolute atomic E-state index is 13.2. The molecule has 0 radical (unpaired) electrons. The van der Waals surface area contributed by atoms with Gasteiger partial charge in [-0.05, 0) is 70.6 Å². The Morgan fingerprint density at radius 2 is 0.833 bits per heavy atom. The van der Waals surface area contributed by atoms with Crippen LogP contribution in [0, 0.1) is 0 Å². The fraction of sp³-hybridized carbons (Fsp3) is 0.800. The number of aliphatic hydroxyl groups excluding tert-OH is 2. The average Bonchev–Trinajstić information content (AvgIpc) is 3.31. The summed E-state index contributed by atoms with van der Waals surface area (Å²) in [5.41, 5.74) is 0. The zero-order chi connectivity index (χ0) is 48.1. The van der Waals surface area contributed by atoms with Gasteiger partial charge >= 0.3 is 5.97 Å². The highest BCUT2D eigenvalue weighted by Gasteiger charge is 2.24. The molecule has 3 N–H and O–H groups in total. The van der Waals surface area contributed by atoms with E-state index in [2.05, 4.69) is 62.5 Å². The number of allylic oxidation sites excluding steroid dienone is 10. The summed E-state index contributed by atoms with van der Waals surface area (Å²) in [6.45, 7) is 6.35. The van der Waals surface area contributed by atoms with E-state index in [0.29, 0.717) is 19.3 Å². The van der Waals surface area contributed by atoms with Gasteiger partial charge in [0.2, 0.25) is 5.91 Å². The van der Waals surface area contributed by atoms with Crippen LogP contribution < -0.4 is 5.32 Å². The minimum atomic E-state index is -0.800. The second-order valence-electron chi connectivity index (χ2n) is 19.4. The number of carbonyl (C=O) groups is 2. The van der Waals surface area contributed by atoms with Crippen molar-refractivity contribution in [2.45, 2.75) is 302 Å². The molecule has 0 fully saturated rings. The molecule has 0 aliphatic heterocycles. The molecule has 0 rings (SSSR count). The lowest BCUT2D eigenvalue weighted by Crippen LogP contribution is -2.46. The van der Waals surface area contributed by atoms with E-state index in [9.17, 15) is 19.8 Å². The SMILES string of the molecule is CC/C=C/C=C/C=C/C=C\CCCCCC(CC(=O)NC(CO)C(O)CCCCCCCCCCCCCCCCC)OC(=O)CCCCCCCCCCC/C=C/CCCCCCCC. The zero-order valence-electron chi connectivity index (χ0n) is 43.8. The summed E-state index contributed by atoms with van der Waals surface area (Å²) in [6.07, 6.45) is 67.2. The molecule has 0 aromatic carbocycles. The zero-order valence-corrected chi connectivity index (χ0v) is 43.8. The first-order valence-corrected chi connectivity index (χ1v) is 28.6. The Kier molecular flexibility index (Phi) is 51.5. The number of unbranched alkanes of at least 4 members (excludes halogenated alkanes) is 32. The molecular weight excluding hydrogens is 815 g/mol. The highest BCUT2D eigenvalue weighted by Crippen LogP contribution is 2.18. The van der Waals surface area contributed by atoms with E-state index < -0.39 is 18.2 Å². The summed E-state index contributed by atoms with van der Waals surface area (Å²) in [6, 6.07) is -0.716. The maximum atomic E-state index is 13.2. The Bertz CT molecular complexity index is 1170. The molecule has 3 unspecified atom stereocenters. The van der Waals surface area contributed by atoms with Gasteiger partial charge in [0.15, 0.2) is 0 Å². The number of rotatable bonds is 51. The van der Waals surface area contributed by atoms with Crippen LogP contribution in [0.2, 0.25) is 0 Å². The molecule has 0 bridgehead atoms. The van der Waals surface area contributed by atoms with E-state index in [0.717, 1.165) is 70.6 Å². The van der Waals surface area contributed by atoms with Gasteiger partial charge in [-0.3, -0.25) is 9.59 Å². The molecule has 1 amide bonds. The Hall–Kier alpha value is -2.44. The molecule has 0 spiro atoms. The Labute approximate surface area is 409 Å². The molecule has 0 aromatic heterocycles. The van der Waals surface area contributed by atoms with Crippen LogP contribution >= 0.6 is 0 Å². The molecule has 6 heteroatoms. The number of carbonyl (C=O) groups excluding carboxylic acids is 2. The van der Waals surface area contributed by atoms with Crippen molar-refractivity contribution in [3.8, 4) is 0 Å². The highest BCUT2D eigenvalue weighted by atomic mass is 16.5. The largest absolute Gasteiger partial charge is 0.462 e. The van der Waals surface area contributed by atoms with Crippen LogP contribution in [0.15, 0.2) is 60.8 Å². The summed E-state index contributed by atoms with van der Waals surface area (Å²) in [5, 5.41) is 23.8. The fourth-order valence-electron chi connectivity index (χ4n) is 8.61. The quantitative estimate of drug-likeness (QED) is 0.0244. The fourth-order valence-corrected chi connectivity index (χ4v) is 8.61. The molecule has 384 valence electrons. The van der Waals surface area contributed by atoms with Gasteiger partial charge in [0.1, 0.15) is 6.10 Å². The third-order valence-corrected chi connectivity index (χ3v) is 12.9. The molecule has 0 aliphatic rings. The Morgan fingerprint density at radius 1 is 0.455 bits per heavy atom. The maximum Gasteiger partial charge on any atom is 0.306 e. The summed E-state index contributed by atoms with van der Waals surface area (Å²) in [4.78, 5) is 26.2. The summed E-state index contributed by atoms with van der Waals surface area (Å²) < 4.78 is 5.94. The summed E-state index contributed by atoms with van der Waals surface area (Å²) in [5.74, 6) is -0.508. The molecular formula is C60H109NO5. The van der Waals surface area contributed by atoms with Gasteiger partial charge in [-0.25, -0.2) is 0 Å². The van der Waals surface area contributed by atoms with Crippen LogP contribution in [-0.4, -0.2) is 46.9 Å². The minimum absolute atomic E-state index is 0.0507. The van der Waals surface area contributed by atoms with Crippen LogP contribution in [0.3, 0.4) is 0 Å². The van der Waals surface area contributed by atoms with Crippen LogP contribution in [0.5, 0.6) is 0 Å². The topological polar surface area (TPSA) is 95.9 Å². The van der Waals surface area contributed by atoms with Crippen LogP contribution in [0.4, 0.5) is 0 Å². The van der Waals surface area contributed by atoms with Crippen molar-refractivity contribution in [1.29, 1.82) is 0 Å². The van der Waals surface area contributed by atoms with Crippen molar-refractivity contribution < 1.29 is 24.5 Å². The predicted octanol–water partition coefficient (Wildman–Crippen LogP) is 17.6. The molecule has 66 heavy (non-hydrogen) atoms. The third kappa shape index (κ3) is 48.0. The van der Waals surface area contributed by atoms with E-state index in [1.165, 1.54) is 167 Å². The van der Waals surface area contributed by atoms with Crippen molar-refractivity contribution >= 4 is 11.9 Å². The van der Waals surface area contributed by atoms with Crippen molar-refractivity contribution in [2.75, 3.05) is 6.61 Å². The first-order chi connectivity index (χ1) is 32.5. The highest BCUT2D eigenvalue weighted by molar-refractivity contribution is 5.77. The number of hydrogen-bond donors (Lipinski definition) is 3. The van der Waals surface area contributed by atoms with Crippen LogP contribution in [-0.2, 0) is 14.3 Å². The van der Waals surface area contributed by atoms with E-state index >= 15 is 0 Å². The second kappa shape index (κ2) is 53.5. The van der Waals surface area contributed by atoms with Crippen LogP contribution in [0.25, 0.3) is 0 Å². The van der Waals surface area contributed by atoms with E-state index in [-0.39, 0.29) is 24.9 Å².